The van der Waals surface area contributed by atoms with Crippen LogP contribution in [0.4, 0.5) is 0 Å². The number of carbonyl (C=O) groups is 1. The summed E-state index contributed by atoms with van der Waals surface area (Å²) in [5.74, 6) is 1.20. The third kappa shape index (κ3) is 3.15. The summed E-state index contributed by atoms with van der Waals surface area (Å²) in [6, 6.07) is -0.276. The molecular formula is C15H23N5O. The van der Waals surface area contributed by atoms with Crippen LogP contribution in [-0.4, -0.2) is 25.2 Å². The van der Waals surface area contributed by atoms with Crippen LogP contribution in [-0.2, 0) is 18.4 Å². The molecule has 1 N–H and O–H groups in total. The van der Waals surface area contributed by atoms with Gasteiger partial charge in [0, 0.05) is 43.2 Å². The van der Waals surface area contributed by atoms with Gasteiger partial charge in [0.2, 0.25) is 5.91 Å². The molecule has 2 rings (SSSR count). The van der Waals surface area contributed by atoms with E-state index < -0.39 is 0 Å². The first-order chi connectivity index (χ1) is 9.91. The van der Waals surface area contributed by atoms with Crippen LogP contribution >= 0.6 is 0 Å². The van der Waals surface area contributed by atoms with Gasteiger partial charge in [-0.25, -0.2) is 4.98 Å². The van der Waals surface area contributed by atoms with E-state index in [0.29, 0.717) is 6.54 Å². The van der Waals surface area contributed by atoms with Crippen molar-refractivity contribution in [2.45, 2.75) is 46.2 Å². The van der Waals surface area contributed by atoms with E-state index >= 15 is 0 Å². The van der Waals surface area contributed by atoms with E-state index in [-0.39, 0.29) is 17.9 Å². The van der Waals surface area contributed by atoms with E-state index in [1.54, 1.807) is 17.1 Å². The van der Waals surface area contributed by atoms with E-state index in [4.69, 9.17) is 0 Å². The van der Waals surface area contributed by atoms with Gasteiger partial charge in [-0.1, -0.05) is 13.8 Å². The van der Waals surface area contributed by atoms with Crippen LogP contribution in [0.1, 0.15) is 49.8 Å². The molecular weight excluding hydrogens is 266 g/mol. The highest BCUT2D eigenvalue weighted by Crippen LogP contribution is 2.17. The minimum atomic E-state index is -0.276. The Hall–Kier alpha value is -2.11. The molecule has 0 spiro atoms. The highest BCUT2D eigenvalue weighted by molar-refractivity contribution is 5.80. The minimum Gasteiger partial charge on any atom is -0.350 e. The summed E-state index contributed by atoms with van der Waals surface area (Å²) in [5.41, 5.74) is 2.10. The molecule has 0 bridgehead atoms. The number of imidazole rings is 1. The Morgan fingerprint density at radius 2 is 2.10 bits per heavy atom. The summed E-state index contributed by atoms with van der Waals surface area (Å²) in [5, 5.41) is 7.14. The molecule has 0 unspecified atom stereocenters. The van der Waals surface area contributed by atoms with Gasteiger partial charge in [0.1, 0.15) is 11.9 Å². The van der Waals surface area contributed by atoms with E-state index in [2.05, 4.69) is 29.2 Å². The maximum absolute atomic E-state index is 12.3. The summed E-state index contributed by atoms with van der Waals surface area (Å²) >= 11 is 0. The predicted molar refractivity (Wildman–Crippen MR) is 80.8 cm³/mol. The van der Waals surface area contributed by atoms with Gasteiger partial charge in [-0.3, -0.25) is 9.48 Å². The van der Waals surface area contributed by atoms with Crippen LogP contribution in [0.15, 0.2) is 18.6 Å². The van der Waals surface area contributed by atoms with Crippen LogP contribution in [0, 0.1) is 6.92 Å². The first kappa shape index (κ1) is 15.3. The number of nitrogens with zero attached hydrogens (tertiary/aromatic N) is 4. The average Bonchev–Trinajstić information content (AvgIpc) is 3.05. The van der Waals surface area contributed by atoms with E-state index in [0.717, 1.165) is 17.1 Å². The van der Waals surface area contributed by atoms with Gasteiger partial charge in [-0.2, -0.15) is 5.10 Å². The van der Waals surface area contributed by atoms with Gasteiger partial charge in [-0.15, -0.1) is 0 Å². The normalized spacial score (nSPS) is 12.7. The first-order valence-electron chi connectivity index (χ1n) is 7.19. The molecule has 0 aliphatic heterocycles. The Morgan fingerprint density at radius 1 is 1.38 bits per heavy atom. The third-order valence-electron chi connectivity index (χ3n) is 3.80. The van der Waals surface area contributed by atoms with Crippen molar-refractivity contribution < 1.29 is 4.79 Å². The number of carbonyl (C=O) groups excluding carboxylic acids is 1. The Bertz CT molecular complexity index is 626. The molecule has 0 saturated carbocycles. The summed E-state index contributed by atoms with van der Waals surface area (Å²) in [6.45, 7) is 8.52. The average molecular weight is 289 g/mol. The van der Waals surface area contributed by atoms with Crippen LogP contribution in [0.2, 0.25) is 0 Å². The smallest absolute Gasteiger partial charge is 0.243 e. The highest BCUT2D eigenvalue weighted by Gasteiger charge is 2.19. The van der Waals surface area contributed by atoms with Crippen LogP contribution < -0.4 is 5.32 Å². The van der Waals surface area contributed by atoms with Crippen molar-refractivity contribution in [2.75, 3.05) is 0 Å². The Kier molecular flexibility index (Phi) is 4.45. The lowest BCUT2D eigenvalue weighted by molar-refractivity contribution is -0.124. The second-order valence-electron chi connectivity index (χ2n) is 5.62. The van der Waals surface area contributed by atoms with Crippen molar-refractivity contribution in [3.63, 3.8) is 0 Å². The van der Waals surface area contributed by atoms with Gasteiger partial charge >= 0.3 is 0 Å². The monoisotopic (exact) mass is 289 g/mol. The first-order valence-corrected chi connectivity index (χ1v) is 7.19. The molecule has 21 heavy (non-hydrogen) atoms. The van der Waals surface area contributed by atoms with Gasteiger partial charge in [0.25, 0.3) is 0 Å². The predicted octanol–water partition coefficient (Wildman–Crippen LogP) is 1.93. The number of rotatable bonds is 5. The van der Waals surface area contributed by atoms with Crippen LogP contribution in [0.25, 0.3) is 0 Å². The Morgan fingerprint density at radius 3 is 2.67 bits per heavy atom. The molecule has 114 valence electrons. The lowest BCUT2D eigenvalue weighted by Crippen LogP contribution is -2.31. The third-order valence-corrected chi connectivity index (χ3v) is 3.80. The zero-order valence-electron chi connectivity index (χ0n) is 13.3. The molecule has 1 amide bonds. The van der Waals surface area contributed by atoms with Crippen molar-refractivity contribution in [1.82, 2.24) is 24.6 Å². The zero-order valence-corrected chi connectivity index (χ0v) is 13.3. The topological polar surface area (TPSA) is 64.7 Å². The second kappa shape index (κ2) is 6.11. The van der Waals surface area contributed by atoms with Gasteiger partial charge in [0.15, 0.2) is 0 Å². The number of aryl methyl sites for hydroxylation is 1. The maximum atomic E-state index is 12.3. The fourth-order valence-corrected chi connectivity index (χ4v) is 2.27. The summed E-state index contributed by atoms with van der Waals surface area (Å²) < 4.78 is 3.73. The molecule has 0 radical (unpaired) electrons. The Labute approximate surface area is 125 Å². The lowest BCUT2D eigenvalue weighted by atomic mass is 10.2. The highest BCUT2D eigenvalue weighted by atomic mass is 16.2. The second-order valence-corrected chi connectivity index (χ2v) is 5.62. The quantitative estimate of drug-likeness (QED) is 0.914. The summed E-state index contributed by atoms with van der Waals surface area (Å²) in [4.78, 5) is 16.6. The molecule has 0 aliphatic rings. The van der Waals surface area contributed by atoms with Crippen LogP contribution in [0.5, 0.6) is 0 Å². The molecule has 0 fully saturated rings. The Balaban J connectivity index is 2.03. The van der Waals surface area contributed by atoms with Crippen molar-refractivity contribution in [1.29, 1.82) is 0 Å². The molecule has 6 nitrogen and oxygen atoms in total. The van der Waals surface area contributed by atoms with Crippen molar-refractivity contribution in [3.05, 3.63) is 35.7 Å². The fourth-order valence-electron chi connectivity index (χ4n) is 2.27. The largest absolute Gasteiger partial charge is 0.350 e. The fraction of sp³-hybridized carbons (Fsp3) is 0.533. The molecule has 0 aliphatic carbocycles. The molecule has 2 heterocycles. The minimum absolute atomic E-state index is 0.0156. The number of hydrogen-bond donors (Lipinski definition) is 1. The van der Waals surface area contributed by atoms with Gasteiger partial charge in [-0.05, 0) is 13.8 Å². The van der Waals surface area contributed by atoms with Crippen molar-refractivity contribution in [2.24, 2.45) is 7.05 Å². The SMILES string of the molecule is Cc1c(CNC(=O)[C@@H](C)n2ccnc2C(C)C)cnn1C. The van der Waals surface area contributed by atoms with Gasteiger partial charge < -0.3 is 9.88 Å². The number of nitrogens with one attached hydrogen (secondary N) is 1. The number of aromatic nitrogens is 4. The molecule has 0 saturated heterocycles. The van der Waals surface area contributed by atoms with Crippen molar-refractivity contribution in [3.8, 4) is 0 Å². The van der Waals surface area contributed by atoms with Crippen LogP contribution in [0.3, 0.4) is 0 Å². The van der Waals surface area contributed by atoms with Gasteiger partial charge in [0.05, 0.1) is 6.20 Å². The molecule has 2 aromatic heterocycles. The molecule has 6 heteroatoms. The van der Waals surface area contributed by atoms with E-state index in [1.807, 2.05) is 31.7 Å². The van der Waals surface area contributed by atoms with Crippen molar-refractivity contribution >= 4 is 5.91 Å². The summed E-state index contributed by atoms with van der Waals surface area (Å²) in [6.07, 6.45) is 5.39. The van der Waals surface area contributed by atoms with E-state index in [1.165, 1.54) is 0 Å². The molecule has 0 aromatic carbocycles. The lowest BCUT2D eigenvalue weighted by Gasteiger charge is -2.17. The van der Waals surface area contributed by atoms with E-state index in [9.17, 15) is 4.79 Å². The standard InChI is InChI=1S/C15H23N5O/c1-10(2)14-16-6-7-20(14)12(4)15(21)17-8-13-9-18-19(5)11(13)3/h6-7,9-10,12H,8H2,1-5H3,(H,17,21)/t12-/m1/s1. The number of hydrogen-bond acceptors (Lipinski definition) is 3. The maximum Gasteiger partial charge on any atom is 0.243 e. The molecule has 1 atom stereocenters. The number of amides is 1. The zero-order chi connectivity index (χ0) is 15.6. The summed E-state index contributed by atoms with van der Waals surface area (Å²) in [7, 11) is 1.89. The molecule has 2 aromatic rings.